The average molecular weight is 339 g/mol. The molecule has 1 unspecified atom stereocenters. The summed E-state index contributed by atoms with van der Waals surface area (Å²) in [7, 11) is 3.82. The second-order valence-electron chi connectivity index (χ2n) is 6.30. The molecule has 1 fully saturated rings. The Kier molecular flexibility index (Phi) is 4.29. The number of pyridine rings is 1. The molecule has 1 aromatic carbocycles. The molecular weight excluding hydrogens is 318 g/mol. The van der Waals surface area contributed by atoms with Gasteiger partial charge in [0.1, 0.15) is 11.8 Å². The van der Waals surface area contributed by atoms with E-state index in [1.54, 1.807) is 7.11 Å². The van der Waals surface area contributed by atoms with Crippen LogP contribution in [0, 0.1) is 0 Å². The molecule has 8 heteroatoms. The van der Waals surface area contributed by atoms with E-state index < -0.39 is 0 Å². The number of aromatic nitrogens is 5. The summed E-state index contributed by atoms with van der Waals surface area (Å²) in [5.41, 5.74) is 2.05. The Morgan fingerprint density at radius 2 is 2.00 bits per heavy atom. The molecule has 1 N–H and O–H groups in total. The average Bonchev–Trinajstić information content (AvgIpc) is 3.17. The maximum atomic E-state index is 5.41. The van der Waals surface area contributed by atoms with Crippen LogP contribution in [0.3, 0.4) is 0 Å². The third kappa shape index (κ3) is 3.06. The van der Waals surface area contributed by atoms with E-state index in [4.69, 9.17) is 4.74 Å². The maximum absolute atomic E-state index is 5.41. The number of rotatable bonds is 4. The summed E-state index contributed by atoms with van der Waals surface area (Å²) in [5, 5.41) is 16.0. The summed E-state index contributed by atoms with van der Waals surface area (Å²) in [6.07, 6.45) is 1.84. The van der Waals surface area contributed by atoms with Gasteiger partial charge in [-0.15, -0.1) is 10.2 Å². The first-order valence-corrected chi connectivity index (χ1v) is 8.35. The Morgan fingerprint density at radius 1 is 1.16 bits per heavy atom. The van der Waals surface area contributed by atoms with Crippen LogP contribution >= 0.6 is 0 Å². The summed E-state index contributed by atoms with van der Waals surface area (Å²) in [5.74, 6) is 1.49. The van der Waals surface area contributed by atoms with Crippen molar-refractivity contribution >= 4 is 10.9 Å². The summed E-state index contributed by atoms with van der Waals surface area (Å²) < 4.78 is 5.41. The normalized spacial score (nSPS) is 17.7. The first-order chi connectivity index (χ1) is 12.3. The lowest BCUT2D eigenvalue weighted by Gasteiger charge is -2.37. The van der Waals surface area contributed by atoms with Crippen molar-refractivity contribution in [3.8, 4) is 5.75 Å². The number of fused-ring (bicyclic) bond motifs is 1. The molecule has 4 rings (SSSR count). The van der Waals surface area contributed by atoms with Crippen molar-refractivity contribution < 1.29 is 4.74 Å². The van der Waals surface area contributed by atoms with Gasteiger partial charge < -0.3 is 9.64 Å². The minimum Gasteiger partial charge on any atom is -0.497 e. The van der Waals surface area contributed by atoms with Crippen molar-refractivity contribution in [1.29, 1.82) is 0 Å². The molecule has 25 heavy (non-hydrogen) atoms. The monoisotopic (exact) mass is 339 g/mol. The van der Waals surface area contributed by atoms with E-state index in [-0.39, 0.29) is 6.04 Å². The number of H-pyrrole nitrogens is 1. The lowest BCUT2D eigenvalue weighted by molar-refractivity contribution is 0.124. The molecule has 1 saturated heterocycles. The van der Waals surface area contributed by atoms with Crippen molar-refractivity contribution in [2.75, 3.05) is 40.3 Å². The zero-order valence-electron chi connectivity index (χ0n) is 14.4. The van der Waals surface area contributed by atoms with Crippen LogP contribution in [0.15, 0.2) is 30.5 Å². The topological polar surface area (TPSA) is 83.1 Å². The molecule has 130 valence electrons. The van der Waals surface area contributed by atoms with E-state index >= 15 is 0 Å². The smallest absolute Gasteiger partial charge is 0.196 e. The largest absolute Gasteiger partial charge is 0.497 e. The van der Waals surface area contributed by atoms with Gasteiger partial charge in [-0.3, -0.25) is 9.88 Å². The van der Waals surface area contributed by atoms with Gasteiger partial charge in [-0.05, 0) is 36.9 Å². The van der Waals surface area contributed by atoms with Gasteiger partial charge in [0.05, 0.1) is 12.6 Å². The van der Waals surface area contributed by atoms with Gasteiger partial charge in [0.15, 0.2) is 5.82 Å². The molecule has 0 amide bonds. The van der Waals surface area contributed by atoms with Crippen LogP contribution < -0.4 is 4.74 Å². The van der Waals surface area contributed by atoms with Crippen LogP contribution in [0.1, 0.15) is 17.4 Å². The van der Waals surface area contributed by atoms with Crippen molar-refractivity contribution in [3.63, 3.8) is 0 Å². The molecule has 0 bridgehead atoms. The molecule has 0 saturated carbocycles. The number of piperazine rings is 1. The summed E-state index contributed by atoms with van der Waals surface area (Å²) >= 11 is 0. The van der Waals surface area contributed by atoms with E-state index in [9.17, 15) is 0 Å². The Labute approximate surface area is 145 Å². The number of nitrogens with one attached hydrogen (secondary N) is 1. The first-order valence-electron chi connectivity index (χ1n) is 8.35. The van der Waals surface area contributed by atoms with Gasteiger partial charge in [-0.1, -0.05) is 5.21 Å². The summed E-state index contributed by atoms with van der Waals surface area (Å²) in [6, 6.07) is 7.92. The molecule has 1 atom stereocenters. The standard InChI is InChI=1S/C17H21N7O/c1-23-7-9-24(10-8-23)16(17-19-21-22-20-17)13-5-6-18-15-4-3-12(25-2)11-14(13)15/h3-6,11,16H,7-10H2,1-2H3,(H,19,20,21,22). The Bertz CT molecular complexity index is 843. The number of benzene rings is 1. The molecule has 2 aromatic heterocycles. The Balaban J connectivity index is 1.83. The van der Waals surface area contributed by atoms with Crippen LogP contribution in [0.5, 0.6) is 5.75 Å². The van der Waals surface area contributed by atoms with Crippen LogP contribution in [-0.2, 0) is 0 Å². The van der Waals surface area contributed by atoms with Gasteiger partial charge in [-0.25, -0.2) is 0 Å². The minimum atomic E-state index is -0.0648. The lowest BCUT2D eigenvalue weighted by Crippen LogP contribution is -2.46. The van der Waals surface area contributed by atoms with Crippen molar-refractivity contribution in [3.05, 3.63) is 41.9 Å². The Morgan fingerprint density at radius 3 is 2.72 bits per heavy atom. The fraction of sp³-hybridized carbons (Fsp3) is 0.412. The SMILES string of the molecule is COc1ccc2nccc(C(c3nn[nH]n3)N3CCN(C)CC3)c2c1. The number of nitrogens with zero attached hydrogens (tertiary/aromatic N) is 6. The number of ether oxygens (including phenoxy) is 1. The third-order valence-electron chi connectivity index (χ3n) is 4.79. The highest BCUT2D eigenvalue weighted by Gasteiger charge is 2.30. The van der Waals surface area contributed by atoms with Crippen LogP contribution in [0.25, 0.3) is 10.9 Å². The number of methoxy groups -OCH3 is 1. The highest BCUT2D eigenvalue weighted by atomic mass is 16.5. The zero-order valence-corrected chi connectivity index (χ0v) is 14.4. The van der Waals surface area contributed by atoms with E-state index in [1.807, 2.05) is 30.5 Å². The number of hydrogen-bond acceptors (Lipinski definition) is 7. The van der Waals surface area contributed by atoms with Crippen molar-refractivity contribution in [2.24, 2.45) is 0 Å². The summed E-state index contributed by atoms with van der Waals surface area (Å²) in [4.78, 5) is 9.22. The quantitative estimate of drug-likeness (QED) is 0.762. The van der Waals surface area contributed by atoms with E-state index in [1.165, 1.54) is 0 Å². The van der Waals surface area contributed by atoms with E-state index in [0.29, 0.717) is 5.82 Å². The molecule has 1 aliphatic rings. The van der Waals surface area contributed by atoms with Crippen LogP contribution in [0.4, 0.5) is 0 Å². The molecule has 0 radical (unpaired) electrons. The van der Waals surface area contributed by atoms with E-state index in [2.05, 4.69) is 42.5 Å². The van der Waals surface area contributed by atoms with Crippen LogP contribution in [0.2, 0.25) is 0 Å². The first kappa shape index (κ1) is 15.9. The second kappa shape index (κ2) is 6.73. The van der Waals surface area contributed by atoms with Gasteiger partial charge in [-0.2, -0.15) is 5.21 Å². The molecule has 1 aliphatic heterocycles. The van der Waals surface area contributed by atoms with E-state index in [0.717, 1.165) is 48.4 Å². The summed E-state index contributed by atoms with van der Waals surface area (Å²) in [6.45, 7) is 3.92. The van der Waals surface area contributed by atoms with Gasteiger partial charge in [0.25, 0.3) is 0 Å². The molecular formula is C17H21N7O. The number of likely N-dealkylation sites (N-methyl/N-ethyl adjacent to an activating group) is 1. The number of aromatic amines is 1. The second-order valence-corrected chi connectivity index (χ2v) is 6.30. The zero-order chi connectivity index (χ0) is 17.2. The Hall–Kier alpha value is -2.58. The van der Waals surface area contributed by atoms with Gasteiger partial charge in [0.2, 0.25) is 0 Å². The molecule has 0 aliphatic carbocycles. The lowest BCUT2D eigenvalue weighted by atomic mass is 9.99. The molecule has 8 nitrogen and oxygen atoms in total. The number of tetrazole rings is 1. The van der Waals surface area contributed by atoms with Crippen molar-refractivity contribution in [1.82, 2.24) is 35.4 Å². The third-order valence-corrected chi connectivity index (χ3v) is 4.79. The fourth-order valence-electron chi connectivity index (χ4n) is 3.38. The molecule has 3 heterocycles. The maximum Gasteiger partial charge on any atom is 0.196 e. The van der Waals surface area contributed by atoms with Crippen molar-refractivity contribution in [2.45, 2.75) is 6.04 Å². The highest BCUT2D eigenvalue weighted by molar-refractivity contribution is 5.84. The highest BCUT2D eigenvalue weighted by Crippen LogP contribution is 2.33. The van der Waals surface area contributed by atoms with Gasteiger partial charge in [0, 0.05) is 37.8 Å². The minimum absolute atomic E-state index is 0.0648. The van der Waals surface area contributed by atoms with Crippen LogP contribution in [-0.4, -0.2) is 75.7 Å². The number of hydrogen-bond donors (Lipinski definition) is 1. The van der Waals surface area contributed by atoms with Gasteiger partial charge >= 0.3 is 0 Å². The predicted molar refractivity (Wildman–Crippen MR) is 93.4 cm³/mol. The predicted octanol–water partition coefficient (Wildman–Crippen LogP) is 1.09. The molecule has 0 spiro atoms. The fourth-order valence-corrected chi connectivity index (χ4v) is 3.38. The molecule has 3 aromatic rings.